The molecule has 1 unspecified atom stereocenters. The van der Waals surface area contributed by atoms with Crippen LogP contribution in [-0.2, 0) is 27.5 Å². The molecule has 3 aromatic heterocycles. The van der Waals surface area contributed by atoms with E-state index < -0.39 is 33.9 Å². The highest BCUT2D eigenvalue weighted by Crippen LogP contribution is 2.38. The third-order valence-electron chi connectivity index (χ3n) is 8.68. The zero-order chi connectivity index (χ0) is 31.4. The number of benzene rings is 1. The fourth-order valence-electron chi connectivity index (χ4n) is 6.41. The van der Waals surface area contributed by atoms with Gasteiger partial charge in [-0.25, -0.2) is 13.4 Å². The van der Waals surface area contributed by atoms with Gasteiger partial charge in [-0.05, 0) is 79.1 Å². The normalized spacial score (nSPS) is 18.9. The largest absolute Gasteiger partial charge is 0.481 e. The highest BCUT2D eigenvalue weighted by molar-refractivity contribution is 7.89. The summed E-state index contributed by atoms with van der Waals surface area (Å²) >= 11 is 0. The molecule has 10 nitrogen and oxygen atoms in total. The van der Waals surface area contributed by atoms with Crippen molar-refractivity contribution in [3.05, 3.63) is 82.4 Å². The Balaban J connectivity index is 0.00000400. The molecule has 2 aliphatic rings. The zero-order valence-corrected chi connectivity index (χ0v) is 24.9. The van der Waals surface area contributed by atoms with Gasteiger partial charge < -0.3 is 10.0 Å². The van der Waals surface area contributed by atoms with Crippen molar-refractivity contribution < 1.29 is 31.5 Å². The summed E-state index contributed by atoms with van der Waals surface area (Å²) in [4.78, 5) is 18.7. The van der Waals surface area contributed by atoms with Gasteiger partial charge in [0.25, 0.3) is 0 Å². The Labute approximate surface area is 259 Å². The smallest absolute Gasteiger partial charge is 0.452 e. The monoisotopic (exact) mass is 644 g/mol. The molecular formula is C31H35F3N6O4S. The first-order valence-corrected chi connectivity index (χ1v) is 15.7. The lowest BCUT2D eigenvalue weighted by Gasteiger charge is -2.36. The first kappa shape index (κ1) is 32.4. The van der Waals surface area contributed by atoms with Crippen molar-refractivity contribution in [2.45, 2.75) is 76.5 Å². The third kappa shape index (κ3) is 5.88. The molecule has 0 bridgehead atoms. The number of piperidine rings is 1. The number of halogens is 3. The quantitative estimate of drug-likeness (QED) is 0.290. The van der Waals surface area contributed by atoms with Gasteiger partial charge in [-0.3, -0.25) is 9.20 Å². The maximum atomic E-state index is 14.0. The van der Waals surface area contributed by atoms with E-state index in [1.165, 1.54) is 16.6 Å². The van der Waals surface area contributed by atoms with E-state index in [4.69, 9.17) is 0 Å². The van der Waals surface area contributed by atoms with Crippen molar-refractivity contribution in [3.8, 4) is 0 Å². The fraction of sp³-hybridized carbons (Fsp3) is 0.419. The summed E-state index contributed by atoms with van der Waals surface area (Å²) < 4.78 is 70.7. The number of sulfonamides is 1. The number of rotatable bonds is 6. The van der Waals surface area contributed by atoms with Crippen LogP contribution in [-0.4, -0.2) is 62.5 Å². The van der Waals surface area contributed by atoms with Gasteiger partial charge in [0.1, 0.15) is 10.7 Å². The Morgan fingerprint density at radius 2 is 1.91 bits per heavy atom. The Morgan fingerprint density at radius 1 is 1.13 bits per heavy atom. The molecule has 5 heterocycles. The van der Waals surface area contributed by atoms with E-state index in [0.717, 1.165) is 35.8 Å². The molecule has 0 amide bonds. The Hall–Kier alpha value is -4.04. The van der Waals surface area contributed by atoms with Gasteiger partial charge in [-0.2, -0.15) is 17.5 Å². The second kappa shape index (κ2) is 12.0. The van der Waals surface area contributed by atoms with E-state index in [9.17, 15) is 31.5 Å². The molecule has 1 saturated heterocycles. The van der Waals surface area contributed by atoms with E-state index in [1.54, 1.807) is 37.4 Å². The van der Waals surface area contributed by atoms with E-state index in [0.29, 0.717) is 28.1 Å². The number of aromatic nitrogens is 4. The maximum Gasteiger partial charge on any atom is 0.452 e. The SMILES string of the molecule is C.Cc1ccc(C(CC(=O)O)c2ccn3c(C(F)(F)F)nnc3c2C)cc1CN1C[C@H]2CCCCN2c2ncccc2S1(=O)=O. The number of carbonyl (C=O) groups is 1. The molecule has 0 radical (unpaired) electrons. The number of anilines is 1. The number of aliphatic carboxylic acids is 1. The number of hydrogen-bond donors (Lipinski definition) is 1. The van der Waals surface area contributed by atoms with Gasteiger partial charge in [0.05, 0.1) is 6.42 Å². The predicted molar refractivity (Wildman–Crippen MR) is 162 cm³/mol. The lowest BCUT2D eigenvalue weighted by Crippen LogP contribution is -2.45. The average Bonchev–Trinajstić information content (AvgIpc) is 3.40. The number of hydrogen-bond acceptors (Lipinski definition) is 7. The number of pyridine rings is 2. The van der Waals surface area contributed by atoms with Crippen LogP contribution in [0.1, 0.15) is 72.7 Å². The van der Waals surface area contributed by atoms with Crippen LogP contribution in [0.5, 0.6) is 0 Å². The Bertz CT molecular complexity index is 1860. The number of carboxylic acids is 1. The highest BCUT2D eigenvalue weighted by atomic mass is 32.2. The predicted octanol–water partition coefficient (Wildman–Crippen LogP) is 5.57. The van der Waals surface area contributed by atoms with Crippen LogP contribution in [0.3, 0.4) is 0 Å². The van der Waals surface area contributed by atoms with Crippen molar-refractivity contribution >= 4 is 27.5 Å². The fourth-order valence-corrected chi connectivity index (χ4v) is 8.02. The highest BCUT2D eigenvalue weighted by Gasteiger charge is 2.40. The summed E-state index contributed by atoms with van der Waals surface area (Å²) in [5.74, 6) is -2.52. The van der Waals surface area contributed by atoms with E-state index in [1.807, 2.05) is 13.0 Å². The van der Waals surface area contributed by atoms with E-state index >= 15 is 0 Å². The van der Waals surface area contributed by atoms with Crippen molar-refractivity contribution in [2.24, 2.45) is 0 Å². The second-order valence-corrected chi connectivity index (χ2v) is 13.3. The first-order valence-electron chi connectivity index (χ1n) is 14.3. The van der Waals surface area contributed by atoms with Crippen molar-refractivity contribution in [3.63, 3.8) is 0 Å². The van der Waals surface area contributed by atoms with Crippen LogP contribution >= 0.6 is 0 Å². The standard InChI is InChI=1S/C30H31F3N6O4S.CH4/c1-18-8-9-20(24(15-26(40)41)23-10-13-39-27(19(23)2)35-36-29(39)30(31,32)33)14-21(18)16-37-17-22-6-3-4-12-38(22)28-25(44(37,42)43)7-5-11-34-28;/h5,7-11,13-14,22,24H,3-4,6,12,15-17H2,1-2H3,(H,40,41);1H4/t22-,24?;/m1./s1. The molecule has 45 heavy (non-hydrogen) atoms. The van der Waals surface area contributed by atoms with Crippen LogP contribution in [0, 0.1) is 13.8 Å². The van der Waals surface area contributed by atoms with Gasteiger partial charge in [-0.1, -0.05) is 25.6 Å². The lowest BCUT2D eigenvalue weighted by atomic mass is 9.85. The third-order valence-corrected chi connectivity index (χ3v) is 10.5. The molecule has 4 aromatic rings. The summed E-state index contributed by atoms with van der Waals surface area (Å²) in [7, 11) is -3.91. The number of carboxylic acid groups (broad SMARTS) is 1. The minimum Gasteiger partial charge on any atom is -0.481 e. The lowest BCUT2D eigenvalue weighted by molar-refractivity contribution is -0.145. The molecule has 1 fully saturated rings. The summed E-state index contributed by atoms with van der Waals surface area (Å²) in [6.45, 7) is 4.53. The maximum absolute atomic E-state index is 14.0. The van der Waals surface area contributed by atoms with Crippen molar-refractivity contribution in [2.75, 3.05) is 18.0 Å². The number of nitrogens with zero attached hydrogens (tertiary/aromatic N) is 6. The number of aryl methyl sites for hydroxylation is 2. The Morgan fingerprint density at radius 3 is 2.64 bits per heavy atom. The molecule has 0 spiro atoms. The van der Waals surface area contributed by atoms with Crippen molar-refractivity contribution in [1.82, 2.24) is 23.9 Å². The molecular weight excluding hydrogens is 609 g/mol. The number of alkyl halides is 3. The Kier molecular flexibility index (Phi) is 8.66. The van der Waals surface area contributed by atoms with Crippen LogP contribution in [0.15, 0.2) is 53.7 Å². The molecule has 14 heteroatoms. The molecule has 1 N–H and O–H groups in total. The molecule has 6 rings (SSSR count). The minimum atomic E-state index is -4.71. The average molecular weight is 645 g/mol. The molecule has 0 saturated carbocycles. The van der Waals surface area contributed by atoms with Crippen LogP contribution in [0.25, 0.3) is 5.65 Å². The summed E-state index contributed by atoms with van der Waals surface area (Å²) in [5, 5.41) is 16.9. The van der Waals surface area contributed by atoms with Crippen LogP contribution in [0.2, 0.25) is 0 Å². The van der Waals surface area contributed by atoms with E-state index in [2.05, 4.69) is 20.1 Å². The van der Waals surface area contributed by atoms with Gasteiger partial charge in [0.15, 0.2) is 5.65 Å². The van der Waals surface area contributed by atoms with Crippen LogP contribution in [0.4, 0.5) is 19.0 Å². The second-order valence-electron chi connectivity index (χ2n) is 11.4. The van der Waals surface area contributed by atoms with Crippen molar-refractivity contribution in [1.29, 1.82) is 0 Å². The van der Waals surface area contributed by atoms with Gasteiger partial charge >= 0.3 is 12.1 Å². The van der Waals surface area contributed by atoms with E-state index in [-0.39, 0.29) is 43.5 Å². The topological polar surface area (TPSA) is 121 Å². The first-order chi connectivity index (χ1) is 20.9. The molecule has 0 aliphatic carbocycles. The van der Waals surface area contributed by atoms with Gasteiger partial charge in [0.2, 0.25) is 15.8 Å². The summed E-state index contributed by atoms with van der Waals surface area (Å²) in [6, 6.07) is 10.0. The molecule has 240 valence electrons. The van der Waals surface area contributed by atoms with Gasteiger partial charge in [0, 0.05) is 44.0 Å². The van der Waals surface area contributed by atoms with Crippen LogP contribution < -0.4 is 4.90 Å². The van der Waals surface area contributed by atoms with Gasteiger partial charge in [-0.15, -0.1) is 10.2 Å². The molecule has 2 atom stereocenters. The number of fused-ring (bicyclic) bond motifs is 4. The molecule has 1 aromatic carbocycles. The minimum absolute atomic E-state index is 0. The zero-order valence-electron chi connectivity index (χ0n) is 24.1. The molecule has 2 aliphatic heterocycles. The summed E-state index contributed by atoms with van der Waals surface area (Å²) in [5.41, 5.74) is 2.99. The summed E-state index contributed by atoms with van der Waals surface area (Å²) in [6.07, 6.45) is 0.544.